The number of benzene rings is 2. The first-order valence-electron chi connectivity index (χ1n) is 10.8. The number of rotatable bonds is 9. The van der Waals surface area contributed by atoms with E-state index in [1.807, 2.05) is 45.0 Å². The molecule has 1 atom stereocenters. The highest BCUT2D eigenvalue weighted by atomic mass is 16.5. The third-order valence-electron chi connectivity index (χ3n) is 5.26. The maximum atomic E-state index is 13.1. The maximum absolute atomic E-state index is 13.1. The molecule has 1 amide bonds. The highest BCUT2D eigenvalue weighted by molar-refractivity contribution is 6.46. The van der Waals surface area contributed by atoms with E-state index in [1.54, 1.807) is 36.4 Å². The van der Waals surface area contributed by atoms with Gasteiger partial charge in [0.05, 0.1) is 24.8 Å². The van der Waals surface area contributed by atoms with Crippen molar-refractivity contribution in [2.24, 2.45) is 0 Å². The Balaban J connectivity index is 2.16. The molecule has 0 aromatic heterocycles. The summed E-state index contributed by atoms with van der Waals surface area (Å²) in [6.45, 7) is 5.60. The first kappa shape index (κ1) is 23.3. The van der Waals surface area contributed by atoms with Gasteiger partial charge in [-0.15, -0.1) is 0 Å². The number of ketones is 1. The van der Waals surface area contributed by atoms with Crippen molar-refractivity contribution >= 4 is 17.4 Å². The van der Waals surface area contributed by atoms with Crippen LogP contribution in [0.5, 0.6) is 11.5 Å². The van der Waals surface area contributed by atoms with Crippen molar-refractivity contribution in [3.8, 4) is 11.5 Å². The summed E-state index contributed by atoms with van der Waals surface area (Å²) >= 11 is 0. The van der Waals surface area contributed by atoms with Gasteiger partial charge >= 0.3 is 0 Å². The fourth-order valence-corrected chi connectivity index (χ4v) is 3.75. The Morgan fingerprint density at radius 1 is 1.00 bits per heavy atom. The van der Waals surface area contributed by atoms with Gasteiger partial charge in [-0.25, -0.2) is 0 Å². The second-order valence-electron chi connectivity index (χ2n) is 7.73. The van der Waals surface area contributed by atoms with Gasteiger partial charge in [-0.05, 0) is 45.6 Å². The van der Waals surface area contributed by atoms with E-state index >= 15 is 0 Å². The predicted molar refractivity (Wildman–Crippen MR) is 123 cm³/mol. The van der Waals surface area contributed by atoms with Gasteiger partial charge in [0.15, 0.2) is 11.5 Å². The summed E-state index contributed by atoms with van der Waals surface area (Å²) in [7, 11) is 3.80. The van der Waals surface area contributed by atoms with E-state index in [0.717, 1.165) is 0 Å². The number of amides is 1. The molecule has 0 aliphatic carbocycles. The van der Waals surface area contributed by atoms with Crippen molar-refractivity contribution in [1.29, 1.82) is 0 Å². The van der Waals surface area contributed by atoms with E-state index in [1.165, 1.54) is 4.90 Å². The first-order chi connectivity index (χ1) is 15.4. The minimum absolute atomic E-state index is 0.0755. The molecule has 0 bridgehead atoms. The number of Topliss-reactive ketones (excluding diaryl/α,β-unsaturated/α-hetero) is 1. The number of ether oxygens (including phenoxy) is 2. The maximum Gasteiger partial charge on any atom is 0.295 e. The summed E-state index contributed by atoms with van der Waals surface area (Å²) in [6, 6.07) is 13.4. The summed E-state index contributed by atoms with van der Waals surface area (Å²) in [5, 5.41) is 11.1. The lowest BCUT2D eigenvalue weighted by molar-refractivity contribution is -0.140. The number of aliphatic hydroxyl groups excluding tert-OH is 1. The van der Waals surface area contributed by atoms with Crippen molar-refractivity contribution in [3.63, 3.8) is 0 Å². The van der Waals surface area contributed by atoms with Crippen molar-refractivity contribution < 1.29 is 24.2 Å². The molecule has 1 N–H and O–H groups in total. The molecule has 0 saturated carbocycles. The second kappa shape index (κ2) is 10.3. The zero-order valence-electron chi connectivity index (χ0n) is 19.0. The van der Waals surface area contributed by atoms with E-state index in [2.05, 4.69) is 0 Å². The number of hydrogen-bond acceptors (Lipinski definition) is 6. The molecular weight excluding hydrogens is 408 g/mol. The van der Waals surface area contributed by atoms with Gasteiger partial charge < -0.3 is 24.4 Å². The van der Waals surface area contributed by atoms with Crippen LogP contribution in [0.3, 0.4) is 0 Å². The molecule has 7 heteroatoms. The van der Waals surface area contributed by atoms with Crippen LogP contribution >= 0.6 is 0 Å². The molecule has 0 spiro atoms. The predicted octanol–water partition coefficient (Wildman–Crippen LogP) is 3.47. The van der Waals surface area contributed by atoms with Gasteiger partial charge in [0.1, 0.15) is 5.76 Å². The lowest BCUT2D eigenvalue weighted by atomic mass is 9.95. The van der Waals surface area contributed by atoms with Gasteiger partial charge in [0, 0.05) is 18.7 Å². The van der Waals surface area contributed by atoms with Crippen LogP contribution < -0.4 is 9.47 Å². The van der Waals surface area contributed by atoms with Crippen LogP contribution in [0.1, 0.15) is 31.0 Å². The Morgan fingerprint density at radius 3 is 2.28 bits per heavy atom. The third kappa shape index (κ3) is 4.78. The van der Waals surface area contributed by atoms with Crippen molar-refractivity contribution in [3.05, 3.63) is 65.2 Å². The quantitative estimate of drug-likeness (QED) is 0.367. The zero-order valence-corrected chi connectivity index (χ0v) is 19.0. The molecule has 2 aromatic carbocycles. The number of carbonyl (C=O) groups excluding carboxylic acids is 2. The van der Waals surface area contributed by atoms with Gasteiger partial charge in [-0.2, -0.15) is 0 Å². The summed E-state index contributed by atoms with van der Waals surface area (Å²) in [4.78, 5) is 29.5. The molecule has 0 unspecified atom stereocenters. The molecule has 0 radical (unpaired) electrons. The molecule has 3 rings (SSSR count). The topological polar surface area (TPSA) is 79.3 Å². The molecule has 32 heavy (non-hydrogen) atoms. The molecule has 1 fully saturated rings. The van der Waals surface area contributed by atoms with Gasteiger partial charge in [-0.1, -0.05) is 36.4 Å². The summed E-state index contributed by atoms with van der Waals surface area (Å²) in [6.07, 6.45) is 0. The molecule has 1 aliphatic rings. The summed E-state index contributed by atoms with van der Waals surface area (Å²) < 4.78 is 11.4. The van der Waals surface area contributed by atoms with Crippen LogP contribution in [0.2, 0.25) is 0 Å². The highest BCUT2D eigenvalue weighted by Crippen LogP contribution is 2.41. The Morgan fingerprint density at radius 2 is 1.66 bits per heavy atom. The lowest BCUT2D eigenvalue weighted by Crippen LogP contribution is -2.35. The number of likely N-dealkylation sites (N-methyl/N-ethyl adjacent to an activating group) is 1. The van der Waals surface area contributed by atoms with Gasteiger partial charge in [0.25, 0.3) is 11.7 Å². The van der Waals surface area contributed by atoms with E-state index in [-0.39, 0.29) is 11.3 Å². The fraction of sp³-hybridized carbons (Fsp3) is 0.360. The molecular formula is C25H30N2O5. The van der Waals surface area contributed by atoms with Crippen molar-refractivity contribution in [2.75, 3.05) is 40.4 Å². The van der Waals surface area contributed by atoms with Crippen LogP contribution in [0.25, 0.3) is 5.76 Å². The fourth-order valence-electron chi connectivity index (χ4n) is 3.75. The van der Waals surface area contributed by atoms with Crippen LogP contribution in [0.15, 0.2) is 54.1 Å². The standard InChI is InChI=1S/C25H30N2O5/c1-5-31-19-13-12-18(16-20(19)32-6-2)22-21(23(28)17-10-8-7-9-11-17)24(29)25(30)27(22)15-14-26(3)4/h7-13,16,22,28H,5-6,14-15H2,1-4H3/b23-21+/t22-/m0/s1. The van der Waals surface area contributed by atoms with Gasteiger partial charge in [0.2, 0.25) is 0 Å². The number of likely N-dealkylation sites (tertiary alicyclic amines) is 1. The van der Waals surface area contributed by atoms with E-state index in [0.29, 0.717) is 48.9 Å². The summed E-state index contributed by atoms with van der Waals surface area (Å²) in [5.41, 5.74) is 1.23. The zero-order chi connectivity index (χ0) is 23.3. The smallest absolute Gasteiger partial charge is 0.295 e. The Bertz CT molecular complexity index is 1000. The Kier molecular flexibility index (Phi) is 7.53. The first-order valence-corrected chi connectivity index (χ1v) is 10.8. The van der Waals surface area contributed by atoms with Crippen LogP contribution in [0.4, 0.5) is 0 Å². The Hall–Kier alpha value is -3.32. The molecule has 170 valence electrons. The number of nitrogens with zero attached hydrogens (tertiary/aromatic N) is 2. The van der Waals surface area contributed by atoms with Crippen LogP contribution in [-0.2, 0) is 9.59 Å². The van der Waals surface area contributed by atoms with Crippen molar-refractivity contribution in [1.82, 2.24) is 9.80 Å². The lowest BCUT2D eigenvalue weighted by Gasteiger charge is -2.27. The van der Waals surface area contributed by atoms with Crippen molar-refractivity contribution in [2.45, 2.75) is 19.9 Å². The van der Waals surface area contributed by atoms with Crippen LogP contribution in [0, 0.1) is 0 Å². The average Bonchev–Trinajstić information content (AvgIpc) is 3.04. The molecule has 1 saturated heterocycles. The minimum atomic E-state index is -0.731. The second-order valence-corrected chi connectivity index (χ2v) is 7.73. The molecule has 7 nitrogen and oxygen atoms in total. The monoisotopic (exact) mass is 438 g/mol. The molecule has 1 aliphatic heterocycles. The number of hydrogen-bond donors (Lipinski definition) is 1. The SMILES string of the molecule is CCOc1ccc([C@H]2/C(=C(\O)c3ccccc3)C(=O)C(=O)N2CCN(C)C)cc1OCC. The largest absolute Gasteiger partial charge is 0.507 e. The summed E-state index contributed by atoms with van der Waals surface area (Å²) in [5.74, 6) is -0.382. The van der Waals surface area contributed by atoms with E-state index in [4.69, 9.17) is 9.47 Å². The van der Waals surface area contributed by atoms with E-state index in [9.17, 15) is 14.7 Å². The number of carbonyl (C=O) groups is 2. The Labute approximate surface area is 188 Å². The molecule has 1 heterocycles. The molecule has 2 aromatic rings. The normalized spacial score (nSPS) is 17.8. The average molecular weight is 439 g/mol. The highest BCUT2D eigenvalue weighted by Gasteiger charge is 2.46. The minimum Gasteiger partial charge on any atom is -0.507 e. The van der Waals surface area contributed by atoms with Gasteiger partial charge in [-0.3, -0.25) is 9.59 Å². The van der Waals surface area contributed by atoms with Crippen LogP contribution in [-0.4, -0.2) is 67.0 Å². The van der Waals surface area contributed by atoms with E-state index < -0.39 is 17.7 Å². The number of aliphatic hydroxyl groups is 1. The third-order valence-corrected chi connectivity index (χ3v) is 5.26.